The van der Waals surface area contributed by atoms with Gasteiger partial charge in [0.25, 0.3) is 0 Å². The van der Waals surface area contributed by atoms with Gasteiger partial charge in [0, 0.05) is 12.1 Å². The number of halogens is 1. The molecule has 3 N–H and O–H groups in total. The lowest BCUT2D eigenvalue weighted by atomic mass is 9.80. The van der Waals surface area contributed by atoms with Crippen molar-refractivity contribution in [2.75, 3.05) is 0 Å². The van der Waals surface area contributed by atoms with Crippen LogP contribution in [0, 0.1) is 17.8 Å². The van der Waals surface area contributed by atoms with Gasteiger partial charge in [-0.05, 0) is 68.3 Å². The molecule has 4 unspecified atom stereocenters. The number of amides is 1. The van der Waals surface area contributed by atoms with Gasteiger partial charge in [0.2, 0.25) is 5.91 Å². The van der Waals surface area contributed by atoms with Gasteiger partial charge < -0.3 is 11.1 Å². The molecule has 3 fully saturated rings. The van der Waals surface area contributed by atoms with Crippen molar-refractivity contribution >= 4 is 18.3 Å². The zero-order valence-corrected chi connectivity index (χ0v) is 15.0. The molecule has 24 heavy (non-hydrogen) atoms. The summed E-state index contributed by atoms with van der Waals surface area (Å²) in [5, 5.41) is 3.33. The first kappa shape index (κ1) is 17.8. The summed E-state index contributed by atoms with van der Waals surface area (Å²) in [4.78, 5) is 12.7. The topological polar surface area (TPSA) is 55.1 Å². The van der Waals surface area contributed by atoms with Gasteiger partial charge >= 0.3 is 0 Å². The van der Waals surface area contributed by atoms with Gasteiger partial charge in [-0.1, -0.05) is 30.3 Å². The summed E-state index contributed by atoms with van der Waals surface area (Å²) in [6.45, 7) is 0. The molecular weight excluding hydrogens is 320 g/mol. The van der Waals surface area contributed by atoms with Crippen molar-refractivity contribution in [2.45, 2.75) is 62.9 Å². The van der Waals surface area contributed by atoms with Crippen LogP contribution in [0.15, 0.2) is 30.3 Å². The molecule has 4 rings (SSSR count). The predicted octanol–water partition coefficient (Wildman–Crippen LogP) is 3.62. The van der Waals surface area contributed by atoms with Crippen molar-refractivity contribution in [1.29, 1.82) is 0 Å². The van der Waals surface area contributed by atoms with Crippen molar-refractivity contribution in [3.8, 4) is 0 Å². The molecule has 0 saturated heterocycles. The second-order valence-corrected chi connectivity index (χ2v) is 7.90. The van der Waals surface area contributed by atoms with Gasteiger partial charge in [0.1, 0.15) is 0 Å². The summed E-state index contributed by atoms with van der Waals surface area (Å²) < 4.78 is 0. The Labute approximate surface area is 151 Å². The molecule has 4 atom stereocenters. The fourth-order valence-corrected chi connectivity index (χ4v) is 5.32. The third kappa shape index (κ3) is 3.34. The Morgan fingerprint density at radius 3 is 2.25 bits per heavy atom. The zero-order valence-electron chi connectivity index (χ0n) is 14.2. The van der Waals surface area contributed by atoms with E-state index in [0.29, 0.717) is 23.8 Å². The van der Waals surface area contributed by atoms with Gasteiger partial charge in [-0.25, -0.2) is 0 Å². The van der Waals surface area contributed by atoms with Crippen LogP contribution in [0.25, 0.3) is 0 Å². The molecule has 0 aliphatic heterocycles. The summed E-state index contributed by atoms with van der Waals surface area (Å²) in [5.41, 5.74) is 7.76. The molecular formula is C20H29ClN2O. The van der Waals surface area contributed by atoms with Crippen molar-refractivity contribution < 1.29 is 4.79 Å². The second kappa shape index (κ2) is 7.45. The molecule has 4 heteroatoms. The minimum absolute atomic E-state index is 0. The number of hydrogen-bond donors (Lipinski definition) is 2. The van der Waals surface area contributed by atoms with Crippen LogP contribution in [0.1, 0.15) is 56.4 Å². The van der Waals surface area contributed by atoms with Crippen molar-refractivity contribution in [3.05, 3.63) is 35.9 Å². The molecule has 3 aliphatic rings. The Balaban J connectivity index is 0.00000169. The molecule has 1 amide bonds. The average Bonchev–Trinajstić information content (AvgIpc) is 3.17. The molecule has 1 aromatic rings. The van der Waals surface area contributed by atoms with Crippen LogP contribution in [-0.2, 0) is 4.79 Å². The van der Waals surface area contributed by atoms with E-state index in [4.69, 9.17) is 5.73 Å². The third-order valence-corrected chi connectivity index (χ3v) is 6.63. The van der Waals surface area contributed by atoms with Gasteiger partial charge in [-0.15, -0.1) is 12.4 Å². The standard InChI is InChI=1S/C20H28N2O.ClH/c21-19-16-7-6-15(12-16)18(19)20(23)22-17-10-8-14(9-11-17)13-4-2-1-3-5-13;/h1-5,14-19H,6-12,21H2,(H,22,23);1H. The second-order valence-electron chi connectivity index (χ2n) is 7.90. The quantitative estimate of drug-likeness (QED) is 0.876. The number of carbonyl (C=O) groups is 1. The molecule has 0 heterocycles. The van der Waals surface area contributed by atoms with Gasteiger partial charge in [-0.2, -0.15) is 0 Å². The SMILES string of the molecule is Cl.NC1C2CCC(C2)C1C(=O)NC1CCC(c2ccccc2)CC1. The Kier molecular flexibility index (Phi) is 5.51. The molecule has 3 saturated carbocycles. The lowest BCUT2D eigenvalue weighted by Gasteiger charge is -2.32. The molecule has 3 aliphatic carbocycles. The molecule has 0 aromatic heterocycles. The maximum Gasteiger partial charge on any atom is 0.225 e. The number of hydrogen-bond acceptors (Lipinski definition) is 2. The summed E-state index contributed by atoms with van der Waals surface area (Å²) >= 11 is 0. The van der Waals surface area contributed by atoms with Crippen molar-refractivity contribution in [2.24, 2.45) is 23.5 Å². The van der Waals surface area contributed by atoms with Crippen molar-refractivity contribution in [1.82, 2.24) is 5.32 Å². The Morgan fingerprint density at radius 1 is 0.958 bits per heavy atom. The van der Waals surface area contributed by atoms with E-state index in [2.05, 4.69) is 35.6 Å². The number of fused-ring (bicyclic) bond motifs is 2. The average molecular weight is 349 g/mol. The van der Waals surface area contributed by atoms with Crippen LogP contribution in [0.5, 0.6) is 0 Å². The molecule has 132 valence electrons. The van der Waals surface area contributed by atoms with Crippen LogP contribution < -0.4 is 11.1 Å². The minimum Gasteiger partial charge on any atom is -0.353 e. The lowest BCUT2D eigenvalue weighted by Crippen LogP contribution is -2.48. The highest BCUT2D eigenvalue weighted by atomic mass is 35.5. The Bertz CT molecular complexity index is 554. The third-order valence-electron chi connectivity index (χ3n) is 6.63. The van der Waals surface area contributed by atoms with Crippen LogP contribution in [0.4, 0.5) is 0 Å². The Morgan fingerprint density at radius 2 is 1.62 bits per heavy atom. The van der Waals surface area contributed by atoms with E-state index in [1.54, 1.807) is 0 Å². The van der Waals surface area contributed by atoms with Crippen LogP contribution in [0.3, 0.4) is 0 Å². The predicted molar refractivity (Wildman–Crippen MR) is 99.1 cm³/mol. The number of nitrogens with one attached hydrogen (secondary N) is 1. The van der Waals surface area contributed by atoms with E-state index in [1.807, 2.05) is 0 Å². The zero-order chi connectivity index (χ0) is 15.8. The molecule has 0 radical (unpaired) electrons. The van der Waals surface area contributed by atoms with E-state index in [-0.39, 0.29) is 30.3 Å². The summed E-state index contributed by atoms with van der Waals surface area (Å²) in [6, 6.07) is 11.3. The molecule has 3 nitrogen and oxygen atoms in total. The maximum atomic E-state index is 12.7. The number of nitrogens with two attached hydrogens (primary N) is 1. The van der Waals surface area contributed by atoms with E-state index in [0.717, 1.165) is 12.8 Å². The van der Waals surface area contributed by atoms with E-state index >= 15 is 0 Å². The molecule has 0 spiro atoms. The van der Waals surface area contributed by atoms with E-state index in [9.17, 15) is 4.79 Å². The molecule has 2 bridgehead atoms. The van der Waals surface area contributed by atoms with Gasteiger partial charge in [0.05, 0.1) is 5.92 Å². The fraction of sp³-hybridized carbons (Fsp3) is 0.650. The van der Waals surface area contributed by atoms with Gasteiger partial charge in [0.15, 0.2) is 0 Å². The highest BCUT2D eigenvalue weighted by Gasteiger charge is 2.49. The first-order valence-corrected chi connectivity index (χ1v) is 9.33. The number of carbonyl (C=O) groups excluding carboxylic acids is 1. The summed E-state index contributed by atoms with van der Waals surface area (Å²) in [6.07, 6.45) is 8.17. The Hall–Kier alpha value is -1.06. The normalized spacial score (nSPS) is 37.7. The lowest BCUT2D eigenvalue weighted by molar-refractivity contribution is -0.128. The van der Waals surface area contributed by atoms with E-state index in [1.165, 1.54) is 37.7 Å². The highest BCUT2D eigenvalue weighted by molar-refractivity contribution is 5.85. The van der Waals surface area contributed by atoms with Crippen molar-refractivity contribution in [3.63, 3.8) is 0 Å². The maximum absolute atomic E-state index is 12.7. The monoisotopic (exact) mass is 348 g/mol. The van der Waals surface area contributed by atoms with Crippen LogP contribution in [0.2, 0.25) is 0 Å². The van der Waals surface area contributed by atoms with Crippen LogP contribution in [-0.4, -0.2) is 18.0 Å². The van der Waals surface area contributed by atoms with Gasteiger partial charge in [-0.3, -0.25) is 4.79 Å². The smallest absolute Gasteiger partial charge is 0.225 e. The first-order valence-electron chi connectivity index (χ1n) is 9.33. The minimum atomic E-state index is 0. The van der Waals surface area contributed by atoms with E-state index < -0.39 is 0 Å². The largest absolute Gasteiger partial charge is 0.353 e. The highest BCUT2D eigenvalue weighted by Crippen LogP contribution is 2.47. The van der Waals surface area contributed by atoms with Crippen LogP contribution >= 0.6 is 12.4 Å². The molecule has 1 aromatic carbocycles. The number of rotatable bonds is 3. The fourth-order valence-electron chi connectivity index (χ4n) is 5.32. The summed E-state index contributed by atoms with van der Waals surface area (Å²) in [5.74, 6) is 2.14. The summed E-state index contributed by atoms with van der Waals surface area (Å²) in [7, 11) is 0. The number of benzene rings is 1. The first-order chi connectivity index (χ1) is 11.2.